The Morgan fingerprint density at radius 2 is 1.96 bits per heavy atom. The quantitative estimate of drug-likeness (QED) is 0.460. The van der Waals surface area contributed by atoms with E-state index in [2.05, 4.69) is 10.4 Å². The van der Waals surface area contributed by atoms with Gasteiger partial charge in [0, 0.05) is 18.3 Å². The maximum atomic E-state index is 12.4. The lowest BCUT2D eigenvalue weighted by Crippen LogP contribution is -2.14. The van der Waals surface area contributed by atoms with Gasteiger partial charge in [-0.1, -0.05) is 29.3 Å². The highest BCUT2D eigenvalue weighted by Gasteiger charge is 2.15. The molecule has 0 aliphatic carbocycles. The first kappa shape index (κ1) is 19.7. The van der Waals surface area contributed by atoms with Gasteiger partial charge in [0.25, 0.3) is 11.6 Å². The van der Waals surface area contributed by atoms with E-state index >= 15 is 0 Å². The molecule has 10 heteroatoms. The molecule has 1 aromatic heterocycles. The van der Waals surface area contributed by atoms with E-state index in [1.165, 1.54) is 28.9 Å². The number of nitrogens with zero attached hydrogens (tertiary/aromatic N) is 3. The second-order valence-electron chi connectivity index (χ2n) is 5.82. The predicted molar refractivity (Wildman–Crippen MR) is 105 cm³/mol. The normalized spacial score (nSPS) is 10.5. The minimum atomic E-state index is -0.575. The fraction of sp³-hybridized carbons (Fsp3) is 0.111. The number of aryl methyl sites for hydroxylation is 1. The number of rotatable bonds is 6. The molecule has 0 atom stereocenters. The van der Waals surface area contributed by atoms with Gasteiger partial charge in [0.2, 0.25) is 0 Å². The zero-order valence-electron chi connectivity index (χ0n) is 14.6. The lowest BCUT2D eigenvalue weighted by molar-refractivity contribution is -0.384. The largest absolute Gasteiger partial charge is 0.470 e. The SMILES string of the molecule is Cc1ccc(Cl)c(OCn2ccc(C(=O)Nc3cc([N+](=O)[O-])ccc3Cl)n2)c1. The molecule has 0 fully saturated rings. The number of non-ortho nitro benzene ring substituents is 1. The van der Waals surface area contributed by atoms with Crippen LogP contribution in [0.1, 0.15) is 16.1 Å². The Hall–Kier alpha value is -3.10. The van der Waals surface area contributed by atoms with Gasteiger partial charge in [-0.05, 0) is 36.8 Å². The number of aromatic nitrogens is 2. The summed E-state index contributed by atoms with van der Waals surface area (Å²) in [6.07, 6.45) is 1.56. The number of anilines is 1. The van der Waals surface area contributed by atoms with Crippen molar-refractivity contribution in [1.29, 1.82) is 0 Å². The number of hydrogen-bond donors (Lipinski definition) is 1. The molecule has 3 aromatic rings. The summed E-state index contributed by atoms with van der Waals surface area (Å²) in [5, 5.41) is 18.1. The molecular formula is C18H14Cl2N4O4. The van der Waals surface area contributed by atoms with Gasteiger partial charge in [0.1, 0.15) is 5.75 Å². The molecule has 0 aliphatic heterocycles. The first-order valence-electron chi connectivity index (χ1n) is 8.01. The molecule has 1 N–H and O–H groups in total. The van der Waals surface area contributed by atoms with Gasteiger partial charge in [0.15, 0.2) is 12.4 Å². The Morgan fingerprint density at radius 1 is 1.21 bits per heavy atom. The number of ether oxygens (including phenoxy) is 1. The van der Waals surface area contributed by atoms with Crippen LogP contribution in [-0.4, -0.2) is 20.6 Å². The molecule has 0 saturated carbocycles. The van der Waals surface area contributed by atoms with Crippen LogP contribution in [0.3, 0.4) is 0 Å². The third-order valence-electron chi connectivity index (χ3n) is 3.72. The van der Waals surface area contributed by atoms with E-state index in [9.17, 15) is 14.9 Å². The average molecular weight is 421 g/mol. The lowest BCUT2D eigenvalue weighted by Gasteiger charge is -2.09. The monoisotopic (exact) mass is 420 g/mol. The van der Waals surface area contributed by atoms with Gasteiger partial charge in [-0.15, -0.1) is 0 Å². The van der Waals surface area contributed by atoms with E-state index in [0.717, 1.165) is 5.56 Å². The van der Waals surface area contributed by atoms with Crippen LogP contribution in [0.15, 0.2) is 48.7 Å². The molecule has 0 saturated heterocycles. The highest BCUT2D eigenvalue weighted by molar-refractivity contribution is 6.34. The van der Waals surface area contributed by atoms with Gasteiger partial charge in [-0.25, -0.2) is 4.68 Å². The van der Waals surface area contributed by atoms with E-state index in [1.807, 2.05) is 13.0 Å². The summed E-state index contributed by atoms with van der Waals surface area (Å²) in [5.41, 5.74) is 1.03. The van der Waals surface area contributed by atoms with Crippen LogP contribution < -0.4 is 10.1 Å². The van der Waals surface area contributed by atoms with Crippen molar-refractivity contribution in [3.8, 4) is 5.75 Å². The van der Waals surface area contributed by atoms with Crippen LogP contribution in [0.4, 0.5) is 11.4 Å². The van der Waals surface area contributed by atoms with Crippen LogP contribution in [-0.2, 0) is 6.73 Å². The van der Waals surface area contributed by atoms with Crippen molar-refractivity contribution in [2.75, 3.05) is 5.32 Å². The molecule has 0 spiro atoms. The molecule has 0 radical (unpaired) electrons. The molecule has 0 bridgehead atoms. The Bertz CT molecular complexity index is 1050. The van der Waals surface area contributed by atoms with Crippen molar-refractivity contribution in [2.24, 2.45) is 0 Å². The second kappa shape index (κ2) is 8.28. The van der Waals surface area contributed by atoms with E-state index in [1.54, 1.807) is 18.3 Å². The van der Waals surface area contributed by atoms with Crippen molar-refractivity contribution < 1.29 is 14.5 Å². The molecule has 0 unspecified atom stereocenters. The molecule has 3 rings (SSSR count). The highest BCUT2D eigenvalue weighted by Crippen LogP contribution is 2.27. The molecule has 28 heavy (non-hydrogen) atoms. The Balaban J connectivity index is 1.68. The maximum absolute atomic E-state index is 12.4. The van der Waals surface area contributed by atoms with E-state index in [-0.39, 0.29) is 28.8 Å². The summed E-state index contributed by atoms with van der Waals surface area (Å²) in [6, 6.07) is 10.7. The third kappa shape index (κ3) is 4.59. The van der Waals surface area contributed by atoms with E-state index in [4.69, 9.17) is 27.9 Å². The topological polar surface area (TPSA) is 99.3 Å². The number of nitro groups is 1. The number of halogens is 2. The minimum absolute atomic E-state index is 0.0496. The number of carbonyl (C=O) groups excluding carboxylic acids is 1. The molecule has 1 amide bonds. The maximum Gasteiger partial charge on any atom is 0.276 e. The third-order valence-corrected chi connectivity index (χ3v) is 4.36. The first-order chi connectivity index (χ1) is 13.3. The van der Waals surface area contributed by atoms with Crippen LogP contribution in [0.2, 0.25) is 10.0 Å². The van der Waals surface area contributed by atoms with Gasteiger partial charge in [0.05, 0.1) is 20.7 Å². The molecular weight excluding hydrogens is 407 g/mol. The van der Waals surface area contributed by atoms with E-state index in [0.29, 0.717) is 10.8 Å². The number of carbonyl (C=O) groups is 1. The summed E-state index contributed by atoms with van der Waals surface area (Å²) < 4.78 is 7.04. The van der Waals surface area contributed by atoms with Crippen molar-refractivity contribution in [2.45, 2.75) is 13.7 Å². The first-order valence-corrected chi connectivity index (χ1v) is 8.77. The molecule has 2 aromatic carbocycles. The van der Waals surface area contributed by atoms with Gasteiger partial charge >= 0.3 is 0 Å². The molecule has 0 aliphatic rings. The van der Waals surface area contributed by atoms with Crippen molar-refractivity contribution in [1.82, 2.24) is 9.78 Å². The summed E-state index contributed by atoms with van der Waals surface area (Å²) in [6.45, 7) is 1.96. The Labute approximate surface area is 169 Å². The zero-order valence-corrected chi connectivity index (χ0v) is 16.1. The van der Waals surface area contributed by atoms with E-state index < -0.39 is 10.8 Å². The van der Waals surface area contributed by atoms with Crippen LogP contribution in [0.25, 0.3) is 0 Å². The fourth-order valence-corrected chi connectivity index (χ4v) is 2.66. The average Bonchev–Trinajstić information content (AvgIpc) is 3.13. The lowest BCUT2D eigenvalue weighted by atomic mass is 10.2. The van der Waals surface area contributed by atoms with Gasteiger partial charge in [-0.2, -0.15) is 5.10 Å². The summed E-state index contributed by atoms with van der Waals surface area (Å²) in [7, 11) is 0. The standard InChI is InChI=1S/C18H14Cl2N4O4/c1-11-2-4-14(20)17(8-11)28-10-23-7-6-15(22-23)18(25)21-16-9-12(24(26)27)3-5-13(16)19/h2-9H,10H2,1H3,(H,21,25). The van der Waals surface area contributed by atoms with Crippen molar-refractivity contribution >= 4 is 40.5 Å². The Morgan fingerprint density at radius 3 is 2.71 bits per heavy atom. The number of amides is 1. The van der Waals surface area contributed by atoms with Crippen LogP contribution in [0.5, 0.6) is 5.75 Å². The van der Waals surface area contributed by atoms with Crippen LogP contribution in [0, 0.1) is 17.0 Å². The summed E-state index contributed by atoms with van der Waals surface area (Å²) >= 11 is 12.1. The number of nitrogens with one attached hydrogen (secondary N) is 1. The molecule has 8 nitrogen and oxygen atoms in total. The van der Waals surface area contributed by atoms with Crippen molar-refractivity contribution in [3.05, 3.63) is 80.1 Å². The second-order valence-corrected chi connectivity index (χ2v) is 6.64. The Kier molecular flexibility index (Phi) is 5.81. The summed E-state index contributed by atoms with van der Waals surface area (Å²) in [4.78, 5) is 22.6. The van der Waals surface area contributed by atoms with Crippen LogP contribution >= 0.6 is 23.2 Å². The zero-order chi connectivity index (χ0) is 20.3. The fourth-order valence-electron chi connectivity index (χ4n) is 2.32. The summed E-state index contributed by atoms with van der Waals surface area (Å²) in [5.74, 6) is -0.0544. The number of nitro benzene ring substituents is 1. The predicted octanol–water partition coefficient (Wildman–Crippen LogP) is 4.70. The molecule has 1 heterocycles. The molecule has 144 valence electrons. The number of hydrogen-bond acceptors (Lipinski definition) is 5. The van der Waals surface area contributed by atoms with Gasteiger partial charge < -0.3 is 10.1 Å². The minimum Gasteiger partial charge on any atom is -0.470 e. The highest BCUT2D eigenvalue weighted by atomic mass is 35.5. The number of benzene rings is 2. The van der Waals surface area contributed by atoms with Gasteiger partial charge in [-0.3, -0.25) is 14.9 Å². The van der Waals surface area contributed by atoms with Crippen molar-refractivity contribution in [3.63, 3.8) is 0 Å². The smallest absolute Gasteiger partial charge is 0.276 e.